The zero-order valence-corrected chi connectivity index (χ0v) is 9.88. The fraction of sp³-hybridized carbons (Fsp3) is 0.308. The molecule has 15 heavy (non-hydrogen) atoms. The topological polar surface area (TPSA) is 17.1 Å². The number of alkyl halides is 1. The van der Waals surface area contributed by atoms with Crippen molar-refractivity contribution in [2.75, 3.05) is 5.33 Å². The molecule has 1 aliphatic carbocycles. The van der Waals surface area contributed by atoms with Gasteiger partial charge in [-0.25, -0.2) is 0 Å². The smallest absolute Gasteiger partial charge is 0.165 e. The van der Waals surface area contributed by atoms with Crippen molar-refractivity contribution in [3.63, 3.8) is 0 Å². The lowest BCUT2D eigenvalue weighted by molar-refractivity contribution is 0.0967. The Labute approximate surface area is 98.0 Å². The van der Waals surface area contributed by atoms with E-state index in [1.165, 1.54) is 0 Å². The Bertz CT molecular complexity index is 418. The van der Waals surface area contributed by atoms with E-state index in [1.54, 1.807) is 0 Å². The highest BCUT2D eigenvalue weighted by Crippen LogP contribution is 2.32. The summed E-state index contributed by atoms with van der Waals surface area (Å²) >= 11 is 3.24. The minimum atomic E-state index is 0.287. The molecule has 1 aromatic rings. The third kappa shape index (κ3) is 2.70. The van der Waals surface area contributed by atoms with Crippen LogP contribution in [0.2, 0.25) is 0 Å². The molecule has 0 bridgehead atoms. The van der Waals surface area contributed by atoms with Crippen molar-refractivity contribution in [1.29, 1.82) is 0 Å². The molecule has 1 saturated carbocycles. The summed E-state index contributed by atoms with van der Waals surface area (Å²) in [5, 5.41) is 0.676. The molecule has 0 aliphatic heterocycles. The first-order valence-electron chi connectivity index (χ1n) is 5.00. The van der Waals surface area contributed by atoms with Crippen LogP contribution in [0.15, 0.2) is 24.3 Å². The van der Waals surface area contributed by atoms with E-state index in [-0.39, 0.29) is 5.78 Å². The van der Waals surface area contributed by atoms with Gasteiger partial charge in [-0.1, -0.05) is 39.9 Å². The molecule has 0 saturated heterocycles. The van der Waals surface area contributed by atoms with Gasteiger partial charge in [0.2, 0.25) is 0 Å². The largest absolute Gasteiger partial charge is 0.294 e. The summed E-state index contributed by atoms with van der Waals surface area (Å²) in [5.41, 5.74) is 1.78. The normalized spacial score (nSPS) is 14.2. The van der Waals surface area contributed by atoms with Gasteiger partial charge < -0.3 is 0 Å². The second-order valence-electron chi connectivity index (χ2n) is 3.65. The summed E-state index contributed by atoms with van der Waals surface area (Å²) in [6.07, 6.45) is 2.12. The standard InChI is InChI=1S/C13H11BrO/c14-9-1-2-10-3-5-11(6-4-10)13(15)12-7-8-12/h3-6,12H,7-9H2. The Balaban J connectivity index is 2.12. The molecule has 1 nitrogen and oxygen atoms in total. The maximum Gasteiger partial charge on any atom is 0.165 e. The summed E-state index contributed by atoms with van der Waals surface area (Å²) in [7, 11) is 0. The molecule has 0 atom stereocenters. The highest BCUT2D eigenvalue weighted by atomic mass is 79.9. The minimum Gasteiger partial charge on any atom is -0.294 e. The summed E-state index contributed by atoms with van der Waals surface area (Å²) < 4.78 is 0. The van der Waals surface area contributed by atoms with Gasteiger partial charge in [0.1, 0.15) is 0 Å². The van der Waals surface area contributed by atoms with E-state index in [0.717, 1.165) is 24.0 Å². The average molecular weight is 263 g/mol. The van der Waals surface area contributed by atoms with E-state index in [2.05, 4.69) is 27.8 Å². The maximum absolute atomic E-state index is 11.7. The van der Waals surface area contributed by atoms with Crippen LogP contribution < -0.4 is 0 Å². The average Bonchev–Trinajstić information content (AvgIpc) is 3.10. The summed E-state index contributed by atoms with van der Waals surface area (Å²) in [6.45, 7) is 0. The maximum atomic E-state index is 11.7. The SMILES string of the molecule is O=C(c1ccc(C#CCBr)cc1)C1CC1. The second-order valence-corrected chi connectivity index (χ2v) is 4.21. The predicted molar refractivity (Wildman–Crippen MR) is 64.2 cm³/mol. The molecule has 1 fully saturated rings. The predicted octanol–water partition coefficient (Wildman–Crippen LogP) is 3.03. The minimum absolute atomic E-state index is 0.287. The molecule has 0 spiro atoms. The van der Waals surface area contributed by atoms with Crippen LogP contribution in [0, 0.1) is 17.8 Å². The summed E-state index contributed by atoms with van der Waals surface area (Å²) in [6, 6.07) is 7.56. The number of carbonyl (C=O) groups is 1. The van der Waals surface area contributed by atoms with Gasteiger partial charge in [-0.05, 0) is 25.0 Å². The zero-order valence-electron chi connectivity index (χ0n) is 8.29. The first-order valence-corrected chi connectivity index (χ1v) is 6.12. The zero-order chi connectivity index (χ0) is 10.7. The van der Waals surface area contributed by atoms with Crippen molar-refractivity contribution in [2.45, 2.75) is 12.8 Å². The Kier molecular flexibility index (Phi) is 3.23. The van der Waals surface area contributed by atoms with Gasteiger partial charge in [0, 0.05) is 17.0 Å². The number of halogens is 1. The van der Waals surface area contributed by atoms with E-state index in [1.807, 2.05) is 24.3 Å². The second kappa shape index (κ2) is 4.63. The van der Waals surface area contributed by atoms with Crippen LogP contribution in [0.1, 0.15) is 28.8 Å². The Hall–Kier alpha value is -1.07. The lowest BCUT2D eigenvalue weighted by Crippen LogP contribution is -2.00. The van der Waals surface area contributed by atoms with Crippen LogP contribution in [0.3, 0.4) is 0 Å². The number of rotatable bonds is 2. The van der Waals surface area contributed by atoms with E-state index in [9.17, 15) is 4.79 Å². The summed E-state index contributed by atoms with van der Waals surface area (Å²) in [4.78, 5) is 11.7. The van der Waals surface area contributed by atoms with Crippen LogP contribution in [0.4, 0.5) is 0 Å². The van der Waals surface area contributed by atoms with Gasteiger partial charge >= 0.3 is 0 Å². The molecule has 0 heterocycles. The molecule has 76 valence electrons. The first-order chi connectivity index (χ1) is 7.31. The third-order valence-corrected chi connectivity index (χ3v) is 2.70. The monoisotopic (exact) mass is 262 g/mol. The number of benzene rings is 1. The first kappa shape index (κ1) is 10.4. The number of ketones is 1. The number of hydrogen-bond acceptors (Lipinski definition) is 1. The highest BCUT2D eigenvalue weighted by molar-refractivity contribution is 9.09. The molecule has 2 heteroatoms. The quantitative estimate of drug-likeness (QED) is 0.455. The molecule has 0 amide bonds. The molecular weight excluding hydrogens is 252 g/mol. The molecule has 2 rings (SSSR count). The van der Waals surface area contributed by atoms with Crippen molar-refractivity contribution in [3.05, 3.63) is 35.4 Å². The number of carbonyl (C=O) groups excluding carboxylic acids is 1. The molecule has 0 unspecified atom stereocenters. The van der Waals surface area contributed by atoms with E-state index in [4.69, 9.17) is 0 Å². The third-order valence-electron chi connectivity index (χ3n) is 2.42. The number of hydrogen-bond donors (Lipinski definition) is 0. The highest BCUT2D eigenvalue weighted by Gasteiger charge is 2.30. The number of Topliss-reactive ketones (excluding diaryl/α,β-unsaturated/α-hetero) is 1. The van der Waals surface area contributed by atoms with E-state index < -0.39 is 0 Å². The van der Waals surface area contributed by atoms with E-state index >= 15 is 0 Å². The van der Waals surface area contributed by atoms with Gasteiger partial charge in [-0.3, -0.25) is 4.79 Å². The van der Waals surface area contributed by atoms with Crippen molar-refractivity contribution >= 4 is 21.7 Å². The van der Waals surface area contributed by atoms with Crippen LogP contribution in [-0.2, 0) is 0 Å². The van der Waals surface area contributed by atoms with Crippen LogP contribution in [0.5, 0.6) is 0 Å². The van der Waals surface area contributed by atoms with Crippen LogP contribution in [-0.4, -0.2) is 11.1 Å². The van der Waals surface area contributed by atoms with Gasteiger partial charge in [-0.15, -0.1) is 0 Å². The molecule has 0 radical (unpaired) electrons. The van der Waals surface area contributed by atoms with E-state index in [0.29, 0.717) is 11.2 Å². The van der Waals surface area contributed by atoms with Gasteiger partial charge in [0.25, 0.3) is 0 Å². The van der Waals surface area contributed by atoms with Gasteiger partial charge in [0.15, 0.2) is 5.78 Å². The van der Waals surface area contributed by atoms with Crippen LogP contribution in [0.25, 0.3) is 0 Å². The van der Waals surface area contributed by atoms with Crippen molar-refractivity contribution in [1.82, 2.24) is 0 Å². The molecule has 0 N–H and O–H groups in total. The lowest BCUT2D eigenvalue weighted by Gasteiger charge is -1.98. The Morgan fingerprint density at radius 3 is 2.53 bits per heavy atom. The molecular formula is C13H11BrO. The van der Waals surface area contributed by atoms with Gasteiger partial charge in [-0.2, -0.15) is 0 Å². The van der Waals surface area contributed by atoms with Crippen molar-refractivity contribution in [2.24, 2.45) is 5.92 Å². The van der Waals surface area contributed by atoms with Crippen molar-refractivity contribution < 1.29 is 4.79 Å². The lowest BCUT2D eigenvalue weighted by atomic mass is 10.1. The van der Waals surface area contributed by atoms with Gasteiger partial charge in [0.05, 0.1) is 5.33 Å². The molecule has 0 aromatic heterocycles. The van der Waals surface area contributed by atoms with Crippen LogP contribution >= 0.6 is 15.9 Å². The molecule has 1 aliphatic rings. The fourth-order valence-electron chi connectivity index (χ4n) is 1.43. The Morgan fingerprint density at radius 1 is 1.33 bits per heavy atom. The summed E-state index contributed by atoms with van der Waals surface area (Å²) in [5.74, 6) is 6.51. The molecule has 1 aromatic carbocycles. The fourth-order valence-corrected chi connectivity index (χ4v) is 1.57. The Morgan fingerprint density at radius 2 is 2.00 bits per heavy atom. The van der Waals surface area contributed by atoms with Crippen molar-refractivity contribution in [3.8, 4) is 11.8 Å².